The van der Waals surface area contributed by atoms with E-state index in [-0.39, 0.29) is 0 Å². The molecular formula is C34H16B2O4. The third-order valence-corrected chi connectivity index (χ3v) is 5.24. The topological polar surface area (TPSA) is 80.9 Å². The molecule has 0 aliphatic rings. The molecule has 0 aliphatic heterocycles. The first-order chi connectivity index (χ1) is 19.4. The Morgan fingerprint density at radius 1 is 0.450 bits per heavy atom. The molecule has 0 radical (unpaired) electrons. The molecule has 0 fully saturated rings. The van der Waals surface area contributed by atoms with E-state index in [2.05, 4.69) is 82.9 Å². The van der Waals surface area contributed by atoms with Crippen LogP contribution in [0.1, 0.15) is 11.1 Å². The van der Waals surface area contributed by atoms with Gasteiger partial charge in [-0.1, -0.05) is 60.4 Å². The predicted molar refractivity (Wildman–Crippen MR) is 159 cm³/mol. The van der Waals surface area contributed by atoms with Gasteiger partial charge in [0, 0.05) is 11.1 Å². The summed E-state index contributed by atoms with van der Waals surface area (Å²) in [7, 11) is -3.21. The molecule has 4 N–H and O–H groups in total. The summed E-state index contributed by atoms with van der Waals surface area (Å²) in [4.78, 5) is 0. The van der Waals surface area contributed by atoms with Crippen LogP contribution in [0.5, 0.6) is 0 Å². The smallest absolute Gasteiger partial charge is 0.423 e. The zero-order valence-electron chi connectivity index (χ0n) is 20.9. The number of terminal acetylenes is 2. The van der Waals surface area contributed by atoms with Crippen molar-refractivity contribution in [2.24, 2.45) is 0 Å². The second-order valence-corrected chi connectivity index (χ2v) is 7.72. The monoisotopic (exact) mass is 510 g/mol. The van der Waals surface area contributed by atoms with Crippen molar-refractivity contribution in [2.45, 2.75) is 0 Å². The van der Waals surface area contributed by atoms with Crippen molar-refractivity contribution >= 4 is 25.2 Å². The van der Waals surface area contributed by atoms with Crippen molar-refractivity contribution in [3.8, 4) is 118 Å². The maximum atomic E-state index is 9.49. The van der Waals surface area contributed by atoms with Gasteiger partial charge in [0.05, 0.1) is 0 Å². The molecule has 3 aromatic carbocycles. The molecule has 3 rings (SSSR count). The molecule has 0 heterocycles. The minimum Gasteiger partial charge on any atom is -0.423 e. The lowest BCUT2D eigenvalue weighted by atomic mass is 9.79. The molecular weight excluding hydrogens is 494 g/mol. The summed E-state index contributed by atoms with van der Waals surface area (Å²) in [6.07, 6.45) is 10.2. The number of hydrogen-bond donors (Lipinski definition) is 4. The average molecular weight is 510 g/mol. The Morgan fingerprint density at radius 3 is 1.10 bits per heavy atom. The van der Waals surface area contributed by atoms with Gasteiger partial charge in [-0.25, -0.2) is 0 Å². The van der Waals surface area contributed by atoms with Crippen LogP contribution in [0.4, 0.5) is 0 Å². The maximum Gasteiger partial charge on any atom is 0.488 e. The van der Waals surface area contributed by atoms with Gasteiger partial charge in [0.2, 0.25) is 0 Å². The molecule has 4 nitrogen and oxygen atoms in total. The molecule has 0 bridgehead atoms. The Kier molecular flexibility index (Phi) is 10.6. The zero-order chi connectivity index (χ0) is 28.7. The van der Waals surface area contributed by atoms with Crippen LogP contribution >= 0.6 is 0 Å². The minimum absolute atomic E-state index is 0.334. The van der Waals surface area contributed by atoms with Gasteiger partial charge in [-0.15, -0.1) is 12.8 Å². The minimum atomic E-state index is -1.60. The normalized spacial score (nSPS) is 8.25. The first-order valence-electron chi connectivity index (χ1n) is 11.5. The van der Waals surface area contributed by atoms with E-state index in [0.717, 1.165) is 11.1 Å². The fourth-order valence-electron chi connectivity index (χ4n) is 3.41. The summed E-state index contributed by atoms with van der Waals surface area (Å²) < 4.78 is 0. The molecule has 0 saturated heterocycles. The summed E-state index contributed by atoms with van der Waals surface area (Å²) in [5, 5.41) is 38.0. The van der Waals surface area contributed by atoms with Gasteiger partial charge in [-0.05, 0) is 116 Å². The third-order valence-electron chi connectivity index (χ3n) is 5.24. The van der Waals surface area contributed by atoms with Gasteiger partial charge in [0.25, 0.3) is 0 Å². The lowest BCUT2D eigenvalue weighted by molar-refractivity contribution is 0.424. The van der Waals surface area contributed by atoms with Crippen molar-refractivity contribution in [3.63, 3.8) is 0 Å². The van der Waals surface area contributed by atoms with E-state index in [0.29, 0.717) is 33.2 Å². The summed E-state index contributed by atoms with van der Waals surface area (Å²) in [6, 6.07) is 17.0. The van der Waals surface area contributed by atoms with Gasteiger partial charge in [0.15, 0.2) is 0 Å². The summed E-state index contributed by atoms with van der Waals surface area (Å²) in [5.74, 6) is 36.2. The zero-order valence-corrected chi connectivity index (χ0v) is 20.9. The molecule has 182 valence electrons. The van der Waals surface area contributed by atoms with Crippen LogP contribution in [0.15, 0.2) is 60.7 Å². The van der Waals surface area contributed by atoms with Crippen LogP contribution in [0, 0.1) is 95.7 Å². The van der Waals surface area contributed by atoms with E-state index in [1.54, 1.807) is 48.5 Å². The fraction of sp³-hybridized carbons (Fsp3) is 0. The molecule has 6 heteroatoms. The molecule has 40 heavy (non-hydrogen) atoms. The molecule has 0 amide bonds. The van der Waals surface area contributed by atoms with E-state index < -0.39 is 14.2 Å². The van der Waals surface area contributed by atoms with E-state index in [9.17, 15) is 20.1 Å². The van der Waals surface area contributed by atoms with Crippen LogP contribution in [-0.4, -0.2) is 34.3 Å². The predicted octanol–water partition coefficient (Wildman–Crippen LogP) is 0.363. The highest BCUT2D eigenvalue weighted by Crippen LogP contribution is 2.31. The second-order valence-electron chi connectivity index (χ2n) is 7.72. The van der Waals surface area contributed by atoms with Crippen LogP contribution in [0.2, 0.25) is 0 Å². The second kappa shape index (κ2) is 14.7. The molecule has 3 aromatic rings. The molecule has 0 spiro atoms. The van der Waals surface area contributed by atoms with Crippen LogP contribution in [0.3, 0.4) is 0 Å². The first kappa shape index (κ1) is 28.7. The molecule has 0 unspecified atom stereocenters. The summed E-state index contributed by atoms with van der Waals surface area (Å²) >= 11 is 0. The standard InChI is InChI=1S/C34H16B2O4/c1-3-5-7-9-11-13-15-29-25-34(28-19-23-32(24-20-28)36(39)40)30(16-14-12-10-8-6-4-2)26-33(29)27-17-21-31(22-18-27)35(37)38/h1-2,17-26,37-40H. The molecule has 0 aromatic heterocycles. The molecule has 0 atom stereocenters. The lowest BCUT2D eigenvalue weighted by Crippen LogP contribution is -2.29. The first-order valence-corrected chi connectivity index (χ1v) is 11.5. The van der Waals surface area contributed by atoms with Crippen molar-refractivity contribution in [1.82, 2.24) is 0 Å². The lowest BCUT2D eigenvalue weighted by Gasteiger charge is -2.13. The Balaban J connectivity index is 2.27. The van der Waals surface area contributed by atoms with Gasteiger partial charge in [0.1, 0.15) is 0 Å². The Labute approximate surface area is 234 Å². The highest BCUT2D eigenvalue weighted by Gasteiger charge is 2.15. The number of hydrogen-bond acceptors (Lipinski definition) is 4. The third kappa shape index (κ3) is 8.06. The van der Waals surface area contributed by atoms with E-state index >= 15 is 0 Å². The largest absolute Gasteiger partial charge is 0.488 e. The maximum absolute atomic E-state index is 9.49. The van der Waals surface area contributed by atoms with Gasteiger partial charge >= 0.3 is 14.2 Å². The Hall–Kier alpha value is -5.89. The van der Waals surface area contributed by atoms with Crippen molar-refractivity contribution in [2.75, 3.05) is 0 Å². The highest BCUT2D eigenvalue weighted by atomic mass is 16.4. The summed E-state index contributed by atoms with van der Waals surface area (Å²) in [5.41, 5.74) is 4.78. The molecule has 0 aliphatic carbocycles. The number of rotatable bonds is 4. The van der Waals surface area contributed by atoms with Gasteiger partial charge < -0.3 is 20.1 Å². The van der Waals surface area contributed by atoms with Crippen molar-refractivity contribution < 1.29 is 20.1 Å². The van der Waals surface area contributed by atoms with Crippen LogP contribution in [-0.2, 0) is 0 Å². The van der Waals surface area contributed by atoms with Crippen molar-refractivity contribution in [1.29, 1.82) is 0 Å². The highest BCUT2D eigenvalue weighted by molar-refractivity contribution is 6.59. The van der Waals surface area contributed by atoms with Crippen molar-refractivity contribution in [3.05, 3.63) is 71.8 Å². The average Bonchev–Trinajstić information content (AvgIpc) is 2.97. The summed E-state index contributed by atoms with van der Waals surface area (Å²) in [6.45, 7) is 0. The quantitative estimate of drug-likeness (QED) is 0.302. The number of benzene rings is 3. The van der Waals surface area contributed by atoms with E-state index in [4.69, 9.17) is 12.8 Å². The van der Waals surface area contributed by atoms with E-state index in [1.165, 1.54) is 0 Å². The van der Waals surface area contributed by atoms with E-state index in [1.807, 2.05) is 12.1 Å². The van der Waals surface area contributed by atoms with Gasteiger partial charge in [-0.3, -0.25) is 0 Å². The van der Waals surface area contributed by atoms with Crippen LogP contribution in [0.25, 0.3) is 22.3 Å². The van der Waals surface area contributed by atoms with Gasteiger partial charge in [-0.2, -0.15) is 0 Å². The fourth-order valence-corrected chi connectivity index (χ4v) is 3.41. The Bertz CT molecular complexity index is 1740. The van der Waals surface area contributed by atoms with Crippen LogP contribution < -0.4 is 10.9 Å². The Morgan fingerprint density at radius 2 is 0.775 bits per heavy atom. The SMILES string of the molecule is C#CC#CC#CC#Cc1cc(-c2ccc(B(O)O)cc2)c(C#CC#CC#CC#C)cc1-c1ccc(B(O)O)cc1. The molecule has 0 saturated carbocycles.